The van der Waals surface area contributed by atoms with Crippen LogP contribution in [0.1, 0.15) is 34.8 Å². The summed E-state index contributed by atoms with van der Waals surface area (Å²) in [5.41, 5.74) is 7.73. The fourth-order valence-electron chi connectivity index (χ4n) is 1.89. The number of methoxy groups -OCH3 is 1. The van der Waals surface area contributed by atoms with E-state index in [4.69, 9.17) is 10.5 Å². The van der Waals surface area contributed by atoms with Gasteiger partial charge in [-0.1, -0.05) is 24.8 Å². The lowest BCUT2D eigenvalue weighted by atomic mass is 10.0. The number of amides is 1. The molecule has 1 aromatic rings. The van der Waals surface area contributed by atoms with Crippen LogP contribution in [0.25, 0.3) is 0 Å². The van der Waals surface area contributed by atoms with E-state index in [1.807, 2.05) is 26.0 Å². The van der Waals surface area contributed by atoms with Crippen LogP contribution in [0.2, 0.25) is 0 Å². The molecule has 0 bridgehead atoms. The van der Waals surface area contributed by atoms with Gasteiger partial charge in [0, 0.05) is 18.2 Å². The minimum absolute atomic E-state index is 0.0192. The molecule has 0 radical (unpaired) electrons. The SMILES string of the molecule is CCC(COC)NC(=O)c1cccc(C#CCN)c1C. The summed E-state index contributed by atoms with van der Waals surface area (Å²) in [7, 11) is 1.63. The Labute approximate surface area is 120 Å². The number of ether oxygens (including phenoxy) is 1. The van der Waals surface area contributed by atoms with Gasteiger partial charge < -0.3 is 15.8 Å². The Morgan fingerprint density at radius 1 is 1.50 bits per heavy atom. The van der Waals surface area contributed by atoms with E-state index in [0.717, 1.165) is 17.5 Å². The molecule has 0 aliphatic heterocycles. The zero-order chi connectivity index (χ0) is 15.0. The maximum Gasteiger partial charge on any atom is 0.251 e. The van der Waals surface area contributed by atoms with Gasteiger partial charge in [-0.05, 0) is 31.0 Å². The van der Waals surface area contributed by atoms with Crippen LogP contribution in [0.4, 0.5) is 0 Å². The van der Waals surface area contributed by atoms with E-state index >= 15 is 0 Å². The molecule has 0 aliphatic carbocycles. The molecule has 0 aromatic heterocycles. The van der Waals surface area contributed by atoms with Crippen molar-refractivity contribution in [2.24, 2.45) is 5.73 Å². The molecule has 20 heavy (non-hydrogen) atoms. The van der Waals surface area contributed by atoms with E-state index in [-0.39, 0.29) is 11.9 Å². The van der Waals surface area contributed by atoms with Gasteiger partial charge in [0.15, 0.2) is 0 Å². The smallest absolute Gasteiger partial charge is 0.251 e. The monoisotopic (exact) mass is 274 g/mol. The molecule has 1 aromatic carbocycles. The number of carbonyl (C=O) groups excluding carboxylic acids is 1. The second kappa shape index (κ2) is 8.36. The quantitative estimate of drug-likeness (QED) is 0.799. The number of rotatable bonds is 5. The van der Waals surface area contributed by atoms with Crippen LogP contribution in [-0.2, 0) is 4.74 Å². The highest BCUT2D eigenvalue weighted by molar-refractivity contribution is 5.96. The van der Waals surface area contributed by atoms with Crippen LogP contribution in [0.15, 0.2) is 18.2 Å². The van der Waals surface area contributed by atoms with Crippen molar-refractivity contribution in [1.82, 2.24) is 5.32 Å². The molecule has 0 aliphatic rings. The average Bonchev–Trinajstić information content (AvgIpc) is 2.45. The first kappa shape index (κ1) is 16.2. The summed E-state index contributed by atoms with van der Waals surface area (Å²) >= 11 is 0. The summed E-state index contributed by atoms with van der Waals surface area (Å²) in [4.78, 5) is 12.3. The Balaban J connectivity index is 2.93. The maximum absolute atomic E-state index is 12.3. The normalized spacial score (nSPS) is 11.4. The molecule has 4 heteroatoms. The molecule has 1 rings (SSSR count). The highest BCUT2D eigenvalue weighted by Crippen LogP contribution is 2.13. The van der Waals surface area contributed by atoms with Crippen molar-refractivity contribution in [2.45, 2.75) is 26.3 Å². The molecule has 0 spiro atoms. The molecule has 4 nitrogen and oxygen atoms in total. The van der Waals surface area contributed by atoms with E-state index in [1.54, 1.807) is 13.2 Å². The highest BCUT2D eigenvalue weighted by Gasteiger charge is 2.14. The van der Waals surface area contributed by atoms with E-state index in [2.05, 4.69) is 17.2 Å². The number of benzene rings is 1. The van der Waals surface area contributed by atoms with Crippen molar-refractivity contribution >= 4 is 5.91 Å². The molecular formula is C16H22N2O2. The summed E-state index contributed by atoms with van der Waals surface area (Å²) in [6, 6.07) is 5.55. The molecule has 3 N–H and O–H groups in total. The lowest BCUT2D eigenvalue weighted by Gasteiger charge is -2.17. The molecule has 0 fully saturated rings. The van der Waals surface area contributed by atoms with Crippen LogP contribution in [0.3, 0.4) is 0 Å². The van der Waals surface area contributed by atoms with Crippen molar-refractivity contribution in [3.63, 3.8) is 0 Å². The predicted octanol–water partition coefficient (Wildman–Crippen LogP) is 1.46. The molecular weight excluding hydrogens is 252 g/mol. The fraction of sp³-hybridized carbons (Fsp3) is 0.438. The van der Waals surface area contributed by atoms with Crippen LogP contribution < -0.4 is 11.1 Å². The summed E-state index contributed by atoms with van der Waals surface area (Å²) in [5.74, 6) is 5.70. The highest BCUT2D eigenvalue weighted by atomic mass is 16.5. The van der Waals surface area contributed by atoms with Crippen molar-refractivity contribution in [1.29, 1.82) is 0 Å². The van der Waals surface area contributed by atoms with Gasteiger partial charge in [-0.15, -0.1) is 0 Å². The molecule has 0 saturated heterocycles. The molecule has 1 amide bonds. The minimum atomic E-state index is -0.0946. The number of hydrogen-bond donors (Lipinski definition) is 2. The summed E-state index contributed by atoms with van der Waals surface area (Å²) in [6.45, 7) is 4.72. The fourth-order valence-corrected chi connectivity index (χ4v) is 1.89. The average molecular weight is 274 g/mol. The number of carbonyl (C=O) groups is 1. The van der Waals surface area contributed by atoms with Crippen molar-refractivity contribution in [2.75, 3.05) is 20.3 Å². The van der Waals surface area contributed by atoms with Crippen molar-refractivity contribution < 1.29 is 9.53 Å². The number of nitrogens with two attached hydrogens (primary N) is 1. The predicted molar refractivity (Wildman–Crippen MR) is 80.5 cm³/mol. The van der Waals surface area contributed by atoms with E-state index in [1.165, 1.54) is 0 Å². The second-order valence-electron chi connectivity index (χ2n) is 4.52. The first-order valence-corrected chi connectivity index (χ1v) is 6.72. The van der Waals surface area contributed by atoms with Crippen LogP contribution >= 0.6 is 0 Å². The topological polar surface area (TPSA) is 64.3 Å². The Bertz CT molecular complexity index is 515. The lowest BCUT2D eigenvalue weighted by Crippen LogP contribution is -2.37. The van der Waals surface area contributed by atoms with Gasteiger partial charge in [0.2, 0.25) is 0 Å². The van der Waals surface area contributed by atoms with Crippen LogP contribution in [-0.4, -0.2) is 32.2 Å². The van der Waals surface area contributed by atoms with Gasteiger partial charge in [-0.25, -0.2) is 0 Å². The zero-order valence-electron chi connectivity index (χ0n) is 12.3. The minimum Gasteiger partial charge on any atom is -0.383 e. The molecule has 1 atom stereocenters. The molecule has 0 heterocycles. The standard InChI is InChI=1S/C16H22N2O2/c1-4-14(11-20-3)18-16(19)15-9-5-7-13(12(15)2)8-6-10-17/h5,7,9,14H,4,10-11,17H2,1-3H3,(H,18,19). The van der Waals surface area contributed by atoms with E-state index in [0.29, 0.717) is 18.7 Å². The molecule has 108 valence electrons. The van der Waals surface area contributed by atoms with Gasteiger partial charge in [0.05, 0.1) is 19.2 Å². The first-order chi connectivity index (χ1) is 9.63. The third-order valence-electron chi connectivity index (χ3n) is 3.10. The maximum atomic E-state index is 12.3. The molecule has 0 saturated carbocycles. The van der Waals surface area contributed by atoms with Gasteiger partial charge in [-0.2, -0.15) is 0 Å². The molecule has 1 unspecified atom stereocenters. The summed E-state index contributed by atoms with van der Waals surface area (Å²) in [5, 5.41) is 2.97. The number of hydrogen-bond acceptors (Lipinski definition) is 3. The Morgan fingerprint density at radius 2 is 2.25 bits per heavy atom. The Hall–Kier alpha value is -1.83. The largest absolute Gasteiger partial charge is 0.383 e. The van der Waals surface area contributed by atoms with E-state index < -0.39 is 0 Å². The Kier molecular flexibility index (Phi) is 6.78. The zero-order valence-corrected chi connectivity index (χ0v) is 12.3. The van der Waals surface area contributed by atoms with Crippen LogP contribution in [0.5, 0.6) is 0 Å². The second-order valence-corrected chi connectivity index (χ2v) is 4.52. The summed E-state index contributed by atoms with van der Waals surface area (Å²) in [6.07, 6.45) is 0.825. The van der Waals surface area contributed by atoms with Gasteiger partial charge in [0.1, 0.15) is 0 Å². The van der Waals surface area contributed by atoms with Gasteiger partial charge in [0.25, 0.3) is 5.91 Å². The van der Waals surface area contributed by atoms with Gasteiger partial charge in [-0.3, -0.25) is 4.79 Å². The van der Waals surface area contributed by atoms with Crippen LogP contribution in [0, 0.1) is 18.8 Å². The first-order valence-electron chi connectivity index (χ1n) is 6.72. The van der Waals surface area contributed by atoms with E-state index in [9.17, 15) is 4.79 Å². The third-order valence-corrected chi connectivity index (χ3v) is 3.10. The Morgan fingerprint density at radius 3 is 2.85 bits per heavy atom. The summed E-state index contributed by atoms with van der Waals surface area (Å²) < 4.78 is 5.09. The van der Waals surface area contributed by atoms with Crippen molar-refractivity contribution in [3.05, 3.63) is 34.9 Å². The van der Waals surface area contributed by atoms with Gasteiger partial charge >= 0.3 is 0 Å². The number of nitrogens with one attached hydrogen (secondary N) is 1. The lowest BCUT2D eigenvalue weighted by molar-refractivity contribution is 0.0894. The third kappa shape index (κ3) is 4.37. The van der Waals surface area contributed by atoms with Crippen molar-refractivity contribution in [3.8, 4) is 11.8 Å².